The van der Waals surface area contributed by atoms with Gasteiger partial charge >= 0.3 is 0 Å². The Hall–Kier alpha value is -2.90. The molecule has 0 radical (unpaired) electrons. The molecule has 20 heavy (non-hydrogen) atoms. The van der Waals surface area contributed by atoms with Crippen molar-refractivity contribution in [2.75, 3.05) is 0 Å². The van der Waals surface area contributed by atoms with Crippen LogP contribution in [0.3, 0.4) is 0 Å². The standard InChI is InChI=1S/C12H6F2N2O4/c13-7-1-3-11(15(17)18)9(5-7)10-6-8(14)2-4-12(10)16(19)20/h1-6H. The smallest absolute Gasteiger partial charge is 0.258 e. The van der Waals surface area contributed by atoms with Crippen molar-refractivity contribution in [2.45, 2.75) is 0 Å². The molecule has 0 aliphatic heterocycles. The minimum Gasteiger partial charge on any atom is -0.258 e. The van der Waals surface area contributed by atoms with Crippen molar-refractivity contribution in [1.29, 1.82) is 0 Å². The number of nitrogens with zero attached hydrogens (tertiary/aromatic N) is 2. The van der Waals surface area contributed by atoms with E-state index >= 15 is 0 Å². The summed E-state index contributed by atoms with van der Waals surface area (Å²) in [6, 6.07) is 4.98. The first-order valence-corrected chi connectivity index (χ1v) is 5.28. The third-order valence-corrected chi connectivity index (χ3v) is 2.60. The molecule has 0 saturated carbocycles. The second-order valence-electron chi connectivity index (χ2n) is 3.84. The Morgan fingerprint density at radius 3 is 1.40 bits per heavy atom. The maximum atomic E-state index is 13.2. The molecule has 0 spiro atoms. The van der Waals surface area contributed by atoms with E-state index in [4.69, 9.17) is 0 Å². The van der Waals surface area contributed by atoms with Crippen LogP contribution in [0.4, 0.5) is 20.2 Å². The normalized spacial score (nSPS) is 10.3. The van der Waals surface area contributed by atoms with Crippen molar-refractivity contribution in [3.8, 4) is 11.1 Å². The average Bonchev–Trinajstić information content (AvgIpc) is 2.37. The van der Waals surface area contributed by atoms with Gasteiger partial charge in [0, 0.05) is 12.1 Å². The second-order valence-corrected chi connectivity index (χ2v) is 3.84. The number of halogens is 2. The molecule has 6 nitrogen and oxygen atoms in total. The van der Waals surface area contributed by atoms with Crippen LogP contribution in [0.2, 0.25) is 0 Å². The number of hydrogen-bond acceptors (Lipinski definition) is 4. The summed E-state index contributed by atoms with van der Waals surface area (Å²) in [5.74, 6) is -1.63. The monoisotopic (exact) mass is 280 g/mol. The molecule has 0 N–H and O–H groups in total. The van der Waals surface area contributed by atoms with E-state index in [0.29, 0.717) is 0 Å². The van der Waals surface area contributed by atoms with E-state index in [0.717, 1.165) is 36.4 Å². The highest BCUT2D eigenvalue weighted by atomic mass is 19.1. The van der Waals surface area contributed by atoms with Gasteiger partial charge in [0.05, 0.1) is 21.0 Å². The van der Waals surface area contributed by atoms with Gasteiger partial charge in [-0.3, -0.25) is 20.2 Å². The van der Waals surface area contributed by atoms with E-state index in [1.807, 2.05) is 0 Å². The first kappa shape index (κ1) is 13.5. The summed E-state index contributed by atoms with van der Waals surface area (Å²) in [5, 5.41) is 21.8. The van der Waals surface area contributed by atoms with E-state index < -0.39 is 32.9 Å². The summed E-state index contributed by atoms with van der Waals surface area (Å²) in [5.41, 5.74) is -1.78. The van der Waals surface area contributed by atoms with Gasteiger partial charge < -0.3 is 0 Å². The van der Waals surface area contributed by atoms with Crippen molar-refractivity contribution in [1.82, 2.24) is 0 Å². The van der Waals surface area contributed by atoms with E-state index in [2.05, 4.69) is 0 Å². The van der Waals surface area contributed by atoms with Gasteiger partial charge in [-0.1, -0.05) is 0 Å². The van der Waals surface area contributed by atoms with E-state index in [9.17, 15) is 29.0 Å². The molecule has 0 unspecified atom stereocenters. The van der Waals surface area contributed by atoms with Crippen LogP contribution in [0.1, 0.15) is 0 Å². The van der Waals surface area contributed by atoms with Crippen LogP contribution in [-0.2, 0) is 0 Å². The highest BCUT2D eigenvalue weighted by Gasteiger charge is 2.24. The van der Waals surface area contributed by atoms with Crippen molar-refractivity contribution >= 4 is 11.4 Å². The molecule has 8 heteroatoms. The molecule has 2 aromatic rings. The highest BCUT2D eigenvalue weighted by Crippen LogP contribution is 2.36. The Morgan fingerprint density at radius 2 is 1.10 bits per heavy atom. The number of hydrogen-bond donors (Lipinski definition) is 0. The lowest BCUT2D eigenvalue weighted by Gasteiger charge is -2.05. The fourth-order valence-corrected chi connectivity index (χ4v) is 1.77. The zero-order valence-electron chi connectivity index (χ0n) is 9.75. The molecule has 2 rings (SSSR count). The number of benzene rings is 2. The molecule has 0 aromatic heterocycles. The predicted octanol–water partition coefficient (Wildman–Crippen LogP) is 3.45. The molecular weight excluding hydrogens is 274 g/mol. The van der Waals surface area contributed by atoms with Crippen molar-refractivity contribution in [3.05, 3.63) is 68.3 Å². The fourth-order valence-electron chi connectivity index (χ4n) is 1.77. The Kier molecular flexibility index (Phi) is 3.38. The van der Waals surface area contributed by atoms with E-state index in [1.165, 1.54) is 0 Å². The van der Waals surface area contributed by atoms with Crippen LogP contribution >= 0.6 is 0 Å². The molecule has 0 amide bonds. The summed E-state index contributed by atoms with van der Waals surface area (Å²) >= 11 is 0. The largest absolute Gasteiger partial charge is 0.277 e. The van der Waals surface area contributed by atoms with Crippen LogP contribution in [0.15, 0.2) is 36.4 Å². The van der Waals surface area contributed by atoms with Gasteiger partial charge in [0.25, 0.3) is 11.4 Å². The summed E-state index contributed by atoms with van der Waals surface area (Å²) in [7, 11) is 0. The van der Waals surface area contributed by atoms with E-state index in [1.54, 1.807) is 0 Å². The lowest BCUT2D eigenvalue weighted by atomic mass is 10.0. The molecule has 0 saturated heterocycles. The van der Waals surface area contributed by atoms with E-state index in [-0.39, 0.29) is 11.1 Å². The topological polar surface area (TPSA) is 86.3 Å². The lowest BCUT2D eigenvalue weighted by molar-refractivity contribution is -0.386. The summed E-state index contributed by atoms with van der Waals surface area (Å²) in [4.78, 5) is 20.2. The fraction of sp³-hybridized carbons (Fsp3) is 0. The number of nitro benzene ring substituents is 2. The molecule has 0 bridgehead atoms. The summed E-state index contributed by atoms with van der Waals surface area (Å²) in [6.45, 7) is 0. The molecule has 2 aromatic carbocycles. The third-order valence-electron chi connectivity index (χ3n) is 2.60. The van der Waals surface area contributed by atoms with Crippen molar-refractivity contribution < 1.29 is 18.6 Å². The zero-order chi connectivity index (χ0) is 14.9. The Balaban J connectivity index is 2.79. The maximum absolute atomic E-state index is 13.2. The maximum Gasteiger partial charge on any atom is 0.277 e. The highest BCUT2D eigenvalue weighted by molar-refractivity contribution is 5.80. The molecular formula is C12H6F2N2O4. The van der Waals surface area contributed by atoms with Gasteiger partial charge in [-0.05, 0) is 24.3 Å². The van der Waals surface area contributed by atoms with Crippen LogP contribution in [-0.4, -0.2) is 9.85 Å². The SMILES string of the molecule is O=[N+]([O-])c1ccc(F)cc1-c1cc(F)ccc1[N+](=O)[O-]. The van der Waals surface area contributed by atoms with Crippen LogP contribution in [0, 0.1) is 31.9 Å². The molecule has 0 aliphatic carbocycles. The van der Waals surface area contributed by atoms with Gasteiger partial charge in [-0.2, -0.15) is 0 Å². The Bertz CT molecular complexity index is 657. The van der Waals surface area contributed by atoms with Crippen molar-refractivity contribution in [2.24, 2.45) is 0 Å². The molecule has 0 fully saturated rings. The minimum atomic E-state index is -0.816. The van der Waals surface area contributed by atoms with Gasteiger partial charge in [0.15, 0.2) is 0 Å². The van der Waals surface area contributed by atoms with Gasteiger partial charge in [-0.25, -0.2) is 8.78 Å². The van der Waals surface area contributed by atoms with Gasteiger partial charge in [-0.15, -0.1) is 0 Å². The van der Waals surface area contributed by atoms with Gasteiger partial charge in [0.1, 0.15) is 11.6 Å². The third kappa shape index (κ3) is 2.44. The first-order chi connectivity index (χ1) is 9.40. The summed E-state index contributed by atoms with van der Waals surface area (Å²) in [6.07, 6.45) is 0. The second kappa shape index (κ2) is 5.00. The molecule has 0 heterocycles. The van der Waals surface area contributed by atoms with Gasteiger partial charge in [0.2, 0.25) is 0 Å². The lowest BCUT2D eigenvalue weighted by Crippen LogP contribution is -1.97. The summed E-state index contributed by atoms with van der Waals surface area (Å²) < 4.78 is 26.5. The predicted molar refractivity (Wildman–Crippen MR) is 65.1 cm³/mol. The van der Waals surface area contributed by atoms with Crippen LogP contribution in [0.5, 0.6) is 0 Å². The Morgan fingerprint density at radius 1 is 0.750 bits per heavy atom. The Labute approximate surface area is 110 Å². The number of nitro groups is 2. The van der Waals surface area contributed by atoms with Crippen LogP contribution in [0.25, 0.3) is 11.1 Å². The molecule has 0 atom stereocenters. The molecule has 102 valence electrons. The zero-order valence-corrected chi connectivity index (χ0v) is 9.75. The quantitative estimate of drug-likeness (QED) is 0.636. The minimum absolute atomic E-state index is 0.346. The molecule has 0 aliphatic rings. The average molecular weight is 280 g/mol. The van der Waals surface area contributed by atoms with Crippen LogP contribution < -0.4 is 0 Å². The van der Waals surface area contributed by atoms with Crippen molar-refractivity contribution in [3.63, 3.8) is 0 Å². The first-order valence-electron chi connectivity index (χ1n) is 5.28. The number of rotatable bonds is 3.